The van der Waals surface area contributed by atoms with Crippen LogP contribution in [0.1, 0.15) is 6.42 Å². The van der Waals surface area contributed by atoms with Gasteiger partial charge in [0.2, 0.25) is 0 Å². The average Bonchev–Trinajstić information content (AvgIpc) is 2.03. The molecule has 0 saturated carbocycles. The summed E-state index contributed by atoms with van der Waals surface area (Å²) in [6, 6.07) is 0. The Morgan fingerprint density at radius 3 is 2.57 bits per heavy atom. The number of aliphatic hydroxyl groups is 1. The van der Waals surface area contributed by atoms with E-state index in [2.05, 4.69) is 4.74 Å². The summed E-state index contributed by atoms with van der Waals surface area (Å²) in [4.78, 5) is -2.35. The first-order valence-corrected chi connectivity index (χ1v) is 5.11. The van der Waals surface area contributed by atoms with Crippen LogP contribution in [0.3, 0.4) is 0 Å². The van der Waals surface area contributed by atoms with Gasteiger partial charge in [-0.15, -0.1) is 0 Å². The summed E-state index contributed by atoms with van der Waals surface area (Å²) in [6.45, 7) is -0.0493. The molecule has 1 heterocycles. The van der Waals surface area contributed by atoms with Gasteiger partial charge in [0.15, 0.2) is 4.93 Å². The molecule has 78 valence electrons. The predicted octanol–water partition coefficient (Wildman–Crippen LogP) is -4.34. The first kappa shape index (κ1) is 14.8. The summed E-state index contributed by atoms with van der Waals surface area (Å²) in [5, 5.41) is 9.56. The minimum Gasteiger partial charge on any atom is -0.746 e. The zero-order chi connectivity index (χ0) is 10.1. The van der Waals surface area contributed by atoms with Gasteiger partial charge in [-0.05, 0) is 0 Å². The van der Waals surface area contributed by atoms with Gasteiger partial charge in [-0.25, -0.2) is 8.42 Å². The van der Waals surface area contributed by atoms with E-state index in [-0.39, 0.29) is 49.2 Å². The Labute approximate surface area is 105 Å². The van der Waals surface area contributed by atoms with E-state index >= 15 is 0 Å². The standard InChI is InChI=1S/C6H12O6S.Na/c1-11-5-4-12-3-2-6(5,7)13(8,9)10;/h5,7H,2-4H2,1H3,(H,8,9,10);/q;+1/p-1. The van der Waals surface area contributed by atoms with Crippen molar-refractivity contribution in [1.29, 1.82) is 0 Å². The molecule has 1 saturated heterocycles. The number of rotatable bonds is 2. The number of hydrogen-bond donors (Lipinski definition) is 1. The second-order valence-corrected chi connectivity index (χ2v) is 4.46. The summed E-state index contributed by atoms with van der Waals surface area (Å²) in [7, 11) is -3.57. The van der Waals surface area contributed by atoms with Crippen LogP contribution in [0.25, 0.3) is 0 Å². The molecule has 1 rings (SSSR count). The Bertz CT molecular complexity index is 278. The third kappa shape index (κ3) is 2.67. The second-order valence-electron chi connectivity index (χ2n) is 2.85. The summed E-state index contributed by atoms with van der Waals surface area (Å²) >= 11 is 0. The average molecular weight is 234 g/mol. The Balaban J connectivity index is 0.00000169. The summed E-state index contributed by atoms with van der Waals surface area (Å²) < 4.78 is 41.8. The van der Waals surface area contributed by atoms with Crippen LogP contribution in [0.2, 0.25) is 0 Å². The molecule has 0 aliphatic carbocycles. The minimum atomic E-state index is -4.79. The fourth-order valence-electron chi connectivity index (χ4n) is 1.24. The Kier molecular flexibility index (Phi) is 5.51. The van der Waals surface area contributed by atoms with Gasteiger partial charge in [0.25, 0.3) is 0 Å². The van der Waals surface area contributed by atoms with Crippen LogP contribution >= 0.6 is 0 Å². The van der Waals surface area contributed by atoms with Gasteiger partial charge < -0.3 is 19.1 Å². The summed E-state index contributed by atoms with van der Waals surface area (Å²) in [6.07, 6.45) is -1.36. The molecule has 0 aromatic rings. The molecule has 0 aromatic carbocycles. The molecule has 8 heteroatoms. The van der Waals surface area contributed by atoms with Crippen molar-refractivity contribution < 1.29 is 57.1 Å². The van der Waals surface area contributed by atoms with Crippen molar-refractivity contribution in [2.24, 2.45) is 0 Å². The molecule has 1 fully saturated rings. The number of hydrogen-bond acceptors (Lipinski definition) is 6. The summed E-state index contributed by atoms with van der Waals surface area (Å²) in [5.74, 6) is 0. The zero-order valence-electron chi connectivity index (χ0n) is 8.10. The van der Waals surface area contributed by atoms with E-state index in [4.69, 9.17) is 4.74 Å². The van der Waals surface area contributed by atoms with E-state index in [1.54, 1.807) is 0 Å². The van der Waals surface area contributed by atoms with E-state index in [1.807, 2.05) is 0 Å². The minimum absolute atomic E-state index is 0. The van der Waals surface area contributed by atoms with Crippen molar-refractivity contribution in [3.05, 3.63) is 0 Å². The maximum atomic E-state index is 10.7. The first-order chi connectivity index (χ1) is 5.92. The molecule has 0 bridgehead atoms. The van der Waals surface area contributed by atoms with Crippen LogP contribution < -0.4 is 29.6 Å². The van der Waals surface area contributed by atoms with E-state index in [1.165, 1.54) is 7.11 Å². The molecular formula is C6H11NaO6S. The topological polar surface area (TPSA) is 95.9 Å². The van der Waals surface area contributed by atoms with E-state index < -0.39 is 21.2 Å². The molecule has 0 aromatic heterocycles. The van der Waals surface area contributed by atoms with Crippen molar-refractivity contribution in [3.63, 3.8) is 0 Å². The largest absolute Gasteiger partial charge is 1.00 e. The number of ether oxygens (including phenoxy) is 2. The van der Waals surface area contributed by atoms with Crippen LogP contribution in [-0.4, -0.2) is 49.4 Å². The van der Waals surface area contributed by atoms with Crippen molar-refractivity contribution in [3.8, 4) is 0 Å². The van der Waals surface area contributed by atoms with Gasteiger partial charge in [-0.1, -0.05) is 0 Å². The molecule has 1 aliphatic rings. The van der Waals surface area contributed by atoms with Crippen molar-refractivity contribution in [2.45, 2.75) is 17.5 Å². The van der Waals surface area contributed by atoms with Gasteiger partial charge in [0.05, 0.1) is 13.2 Å². The molecule has 1 N–H and O–H groups in total. The van der Waals surface area contributed by atoms with Crippen LogP contribution in [0, 0.1) is 0 Å². The van der Waals surface area contributed by atoms with Crippen LogP contribution in [0.4, 0.5) is 0 Å². The Morgan fingerprint density at radius 2 is 2.21 bits per heavy atom. The van der Waals surface area contributed by atoms with Gasteiger partial charge in [-0.2, -0.15) is 0 Å². The third-order valence-electron chi connectivity index (χ3n) is 2.09. The van der Waals surface area contributed by atoms with E-state index in [9.17, 15) is 18.1 Å². The van der Waals surface area contributed by atoms with Gasteiger partial charge >= 0.3 is 29.6 Å². The number of methoxy groups -OCH3 is 1. The molecule has 2 atom stereocenters. The van der Waals surface area contributed by atoms with E-state index in [0.717, 1.165) is 0 Å². The fourth-order valence-corrected chi connectivity index (χ4v) is 2.06. The zero-order valence-corrected chi connectivity index (χ0v) is 10.9. The van der Waals surface area contributed by atoms with Crippen LogP contribution in [-0.2, 0) is 19.6 Å². The smallest absolute Gasteiger partial charge is 0.746 e. The Morgan fingerprint density at radius 1 is 1.64 bits per heavy atom. The van der Waals surface area contributed by atoms with Gasteiger partial charge in [0, 0.05) is 13.5 Å². The Hall–Kier alpha value is 0.790. The molecule has 0 amide bonds. The summed E-state index contributed by atoms with van der Waals surface area (Å²) in [5.41, 5.74) is 0. The second kappa shape index (κ2) is 5.22. The fraction of sp³-hybridized carbons (Fsp3) is 1.00. The quantitative estimate of drug-likeness (QED) is 0.383. The van der Waals surface area contributed by atoms with Gasteiger partial charge in [0.1, 0.15) is 16.2 Å². The van der Waals surface area contributed by atoms with Gasteiger partial charge in [-0.3, -0.25) is 0 Å². The molecule has 6 nitrogen and oxygen atoms in total. The SMILES string of the molecule is COC1COCCC1(O)S(=O)(=O)[O-].[Na+]. The van der Waals surface area contributed by atoms with Crippen molar-refractivity contribution in [2.75, 3.05) is 20.3 Å². The monoisotopic (exact) mass is 234 g/mol. The molecule has 2 unspecified atom stereocenters. The van der Waals surface area contributed by atoms with Crippen molar-refractivity contribution in [1.82, 2.24) is 0 Å². The van der Waals surface area contributed by atoms with Crippen LogP contribution in [0.5, 0.6) is 0 Å². The maximum absolute atomic E-state index is 10.7. The third-order valence-corrected chi connectivity index (χ3v) is 3.43. The molecule has 0 radical (unpaired) electrons. The van der Waals surface area contributed by atoms with Crippen molar-refractivity contribution >= 4 is 10.1 Å². The predicted molar refractivity (Wildman–Crippen MR) is 40.9 cm³/mol. The first-order valence-electron chi connectivity index (χ1n) is 3.70. The van der Waals surface area contributed by atoms with Crippen LogP contribution in [0.15, 0.2) is 0 Å². The normalized spacial score (nSPS) is 33.5. The van der Waals surface area contributed by atoms with E-state index in [0.29, 0.717) is 0 Å². The molecule has 1 aliphatic heterocycles. The maximum Gasteiger partial charge on any atom is 1.00 e. The molecule has 0 spiro atoms. The molecule has 14 heavy (non-hydrogen) atoms. The molecular weight excluding hydrogens is 223 g/mol.